The lowest BCUT2D eigenvalue weighted by molar-refractivity contribution is 0.167. The quantitative estimate of drug-likeness (QED) is 0.760. The molecule has 7 nitrogen and oxygen atoms in total. The summed E-state index contributed by atoms with van der Waals surface area (Å²) in [5, 5.41) is 22.7. The number of hydrogen-bond acceptors (Lipinski definition) is 5. The minimum atomic E-state index is -0.625. The van der Waals surface area contributed by atoms with E-state index in [1.807, 2.05) is 13.8 Å². The van der Waals surface area contributed by atoms with Crippen molar-refractivity contribution in [2.45, 2.75) is 39.2 Å². The Morgan fingerprint density at radius 2 is 2.00 bits per heavy atom. The van der Waals surface area contributed by atoms with Gasteiger partial charge in [-0.2, -0.15) is 0 Å². The fourth-order valence-corrected chi connectivity index (χ4v) is 2.28. The summed E-state index contributed by atoms with van der Waals surface area (Å²) in [5.74, 6) is 0.940. The van der Waals surface area contributed by atoms with E-state index in [0.29, 0.717) is 23.9 Å². The number of carbonyl (C=O) groups excluding carboxylic acids is 1. The summed E-state index contributed by atoms with van der Waals surface area (Å²) < 4.78 is 5.35. The van der Waals surface area contributed by atoms with Crippen LogP contribution in [0.4, 0.5) is 10.5 Å². The minimum Gasteiger partial charge on any atom is -0.421 e. The van der Waals surface area contributed by atoms with E-state index in [0.717, 1.165) is 12.0 Å². The summed E-state index contributed by atoms with van der Waals surface area (Å²) in [6.07, 6.45) is 1.57. The molecule has 2 amide bonds. The first-order valence-corrected chi connectivity index (χ1v) is 7.56. The van der Waals surface area contributed by atoms with Crippen LogP contribution in [-0.4, -0.2) is 33.5 Å². The SMILES string of the molecule is CCCC(C)(CO)NC(=O)Nc1ccc(-c2nnc(C)o2)cc1. The van der Waals surface area contributed by atoms with Gasteiger partial charge in [-0.1, -0.05) is 13.3 Å². The van der Waals surface area contributed by atoms with Crippen molar-refractivity contribution < 1.29 is 14.3 Å². The van der Waals surface area contributed by atoms with Crippen molar-refractivity contribution in [2.24, 2.45) is 0 Å². The van der Waals surface area contributed by atoms with E-state index >= 15 is 0 Å². The highest BCUT2D eigenvalue weighted by Gasteiger charge is 2.24. The molecule has 1 heterocycles. The highest BCUT2D eigenvalue weighted by Crippen LogP contribution is 2.20. The highest BCUT2D eigenvalue weighted by atomic mass is 16.4. The van der Waals surface area contributed by atoms with Crippen LogP contribution in [0.25, 0.3) is 11.5 Å². The molecule has 1 atom stereocenters. The Kier molecular flexibility index (Phi) is 5.33. The maximum absolute atomic E-state index is 12.0. The van der Waals surface area contributed by atoms with Crippen LogP contribution in [0, 0.1) is 6.92 Å². The maximum Gasteiger partial charge on any atom is 0.319 e. The van der Waals surface area contributed by atoms with Crippen LogP contribution < -0.4 is 10.6 Å². The van der Waals surface area contributed by atoms with Gasteiger partial charge in [0.1, 0.15) is 0 Å². The lowest BCUT2D eigenvalue weighted by atomic mass is 9.98. The van der Waals surface area contributed by atoms with Crippen molar-refractivity contribution in [3.63, 3.8) is 0 Å². The number of aliphatic hydroxyl groups is 1. The molecule has 0 fully saturated rings. The number of nitrogens with zero attached hydrogens (tertiary/aromatic N) is 2. The van der Waals surface area contributed by atoms with Crippen LogP contribution in [0.3, 0.4) is 0 Å². The standard InChI is InChI=1S/C16H22N4O3/c1-4-9-16(3,10-21)18-15(22)17-13-7-5-12(6-8-13)14-20-19-11(2)23-14/h5-8,21H,4,9-10H2,1-3H3,(H2,17,18,22). The topological polar surface area (TPSA) is 100 Å². The zero-order valence-corrected chi connectivity index (χ0v) is 13.6. The molecule has 0 radical (unpaired) electrons. The number of rotatable bonds is 6. The van der Waals surface area contributed by atoms with Crippen LogP contribution in [0.1, 0.15) is 32.6 Å². The number of benzene rings is 1. The lowest BCUT2D eigenvalue weighted by Gasteiger charge is -2.28. The van der Waals surface area contributed by atoms with Crippen molar-refractivity contribution in [1.82, 2.24) is 15.5 Å². The van der Waals surface area contributed by atoms with E-state index in [2.05, 4.69) is 20.8 Å². The van der Waals surface area contributed by atoms with Crippen molar-refractivity contribution >= 4 is 11.7 Å². The second-order valence-corrected chi connectivity index (χ2v) is 5.75. The van der Waals surface area contributed by atoms with E-state index in [-0.39, 0.29) is 12.6 Å². The number of aromatic nitrogens is 2. The van der Waals surface area contributed by atoms with Gasteiger partial charge in [0.05, 0.1) is 12.1 Å². The smallest absolute Gasteiger partial charge is 0.319 e. The van der Waals surface area contributed by atoms with Gasteiger partial charge >= 0.3 is 6.03 Å². The van der Waals surface area contributed by atoms with Crippen molar-refractivity contribution in [3.8, 4) is 11.5 Å². The van der Waals surface area contributed by atoms with Crippen LogP contribution in [0.5, 0.6) is 0 Å². The van der Waals surface area contributed by atoms with Gasteiger partial charge in [-0.05, 0) is 37.6 Å². The fourth-order valence-electron chi connectivity index (χ4n) is 2.28. The van der Waals surface area contributed by atoms with E-state index in [4.69, 9.17) is 4.42 Å². The maximum atomic E-state index is 12.0. The Morgan fingerprint density at radius 3 is 2.52 bits per heavy atom. The van der Waals surface area contributed by atoms with Crippen molar-refractivity contribution in [1.29, 1.82) is 0 Å². The summed E-state index contributed by atoms with van der Waals surface area (Å²) in [5.41, 5.74) is 0.794. The average molecular weight is 318 g/mol. The van der Waals surface area contributed by atoms with Crippen LogP contribution in [-0.2, 0) is 0 Å². The summed E-state index contributed by atoms with van der Waals surface area (Å²) in [6.45, 7) is 5.44. The molecule has 1 aromatic heterocycles. The number of hydrogen-bond donors (Lipinski definition) is 3. The molecule has 23 heavy (non-hydrogen) atoms. The zero-order valence-electron chi connectivity index (χ0n) is 13.6. The molecule has 1 unspecified atom stereocenters. The third-order valence-electron chi connectivity index (χ3n) is 3.48. The molecule has 0 aliphatic carbocycles. The van der Waals surface area contributed by atoms with Crippen molar-refractivity contribution in [2.75, 3.05) is 11.9 Å². The summed E-state index contributed by atoms with van der Waals surface area (Å²) in [4.78, 5) is 12.0. The van der Waals surface area contributed by atoms with Gasteiger partial charge in [-0.25, -0.2) is 4.79 Å². The van der Waals surface area contributed by atoms with Gasteiger partial charge in [0.2, 0.25) is 11.8 Å². The van der Waals surface area contributed by atoms with Gasteiger partial charge in [0.25, 0.3) is 0 Å². The molecule has 0 aliphatic heterocycles. The predicted octanol–water partition coefficient (Wildman–Crippen LogP) is 2.72. The number of aryl methyl sites for hydroxylation is 1. The molecule has 0 saturated carbocycles. The number of anilines is 1. The molecule has 1 aromatic carbocycles. The molecule has 0 aliphatic rings. The van der Waals surface area contributed by atoms with Gasteiger partial charge in [-0.3, -0.25) is 0 Å². The second kappa shape index (κ2) is 7.23. The van der Waals surface area contributed by atoms with Gasteiger partial charge in [-0.15, -0.1) is 10.2 Å². The Hall–Kier alpha value is -2.41. The Balaban J connectivity index is 1.99. The summed E-state index contributed by atoms with van der Waals surface area (Å²) >= 11 is 0. The van der Waals surface area contributed by atoms with Crippen molar-refractivity contribution in [3.05, 3.63) is 30.2 Å². The zero-order chi connectivity index (χ0) is 16.9. The minimum absolute atomic E-state index is 0.107. The second-order valence-electron chi connectivity index (χ2n) is 5.75. The first-order valence-electron chi connectivity index (χ1n) is 7.56. The average Bonchev–Trinajstić information content (AvgIpc) is 2.94. The third-order valence-corrected chi connectivity index (χ3v) is 3.48. The molecule has 2 aromatic rings. The van der Waals surface area contributed by atoms with Gasteiger partial charge in [0, 0.05) is 18.2 Å². The first kappa shape index (κ1) is 17.0. The number of aliphatic hydroxyl groups excluding tert-OH is 1. The Labute approximate surface area is 135 Å². The van der Waals surface area contributed by atoms with E-state index in [9.17, 15) is 9.90 Å². The monoisotopic (exact) mass is 318 g/mol. The number of carbonyl (C=O) groups is 1. The van der Waals surface area contributed by atoms with Crippen LogP contribution in [0.2, 0.25) is 0 Å². The Bertz CT molecular complexity index is 654. The van der Waals surface area contributed by atoms with Gasteiger partial charge < -0.3 is 20.2 Å². The lowest BCUT2D eigenvalue weighted by Crippen LogP contribution is -2.50. The van der Waals surface area contributed by atoms with Crippen LogP contribution in [0.15, 0.2) is 28.7 Å². The summed E-state index contributed by atoms with van der Waals surface area (Å²) in [6, 6.07) is 6.74. The predicted molar refractivity (Wildman–Crippen MR) is 87.0 cm³/mol. The molecule has 3 N–H and O–H groups in total. The molecule has 124 valence electrons. The molecule has 0 bridgehead atoms. The fraction of sp³-hybridized carbons (Fsp3) is 0.438. The number of nitrogens with one attached hydrogen (secondary N) is 2. The number of urea groups is 1. The normalized spacial score (nSPS) is 13.4. The molecule has 2 rings (SSSR count). The highest BCUT2D eigenvalue weighted by molar-refractivity contribution is 5.90. The first-order chi connectivity index (χ1) is 11.0. The summed E-state index contributed by atoms with van der Waals surface area (Å²) in [7, 11) is 0. The molecular formula is C16H22N4O3. The van der Waals surface area contributed by atoms with E-state index in [1.165, 1.54) is 0 Å². The molecule has 7 heteroatoms. The number of amides is 2. The van der Waals surface area contributed by atoms with E-state index < -0.39 is 5.54 Å². The van der Waals surface area contributed by atoms with E-state index in [1.54, 1.807) is 31.2 Å². The molecule has 0 spiro atoms. The molecular weight excluding hydrogens is 296 g/mol. The largest absolute Gasteiger partial charge is 0.421 e. The van der Waals surface area contributed by atoms with Crippen LogP contribution >= 0.6 is 0 Å². The van der Waals surface area contributed by atoms with Gasteiger partial charge in [0.15, 0.2) is 0 Å². The Morgan fingerprint density at radius 1 is 1.30 bits per heavy atom. The molecule has 0 saturated heterocycles. The third kappa shape index (κ3) is 4.53.